The van der Waals surface area contributed by atoms with Crippen LogP contribution in [0, 0.1) is 13.8 Å². The van der Waals surface area contributed by atoms with E-state index in [1.54, 1.807) is 0 Å². The molecule has 1 saturated heterocycles. The molecule has 0 radical (unpaired) electrons. The molecule has 2 atom stereocenters. The average Bonchev–Trinajstić information content (AvgIpc) is 2.37. The van der Waals surface area contributed by atoms with Gasteiger partial charge in [-0.3, -0.25) is 4.79 Å². The van der Waals surface area contributed by atoms with Gasteiger partial charge < -0.3 is 10.2 Å². The fourth-order valence-corrected chi connectivity index (χ4v) is 2.79. The van der Waals surface area contributed by atoms with Gasteiger partial charge in [-0.05, 0) is 57.2 Å². The smallest absolute Gasteiger partial charge is 0.279 e. The van der Waals surface area contributed by atoms with Crippen molar-refractivity contribution in [3.8, 4) is 0 Å². The van der Waals surface area contributed by atoms with Crippen molar-refractivity contribution in [2.75, 3.05) is 18.4 Å². The predicted molar refractivity (Wildman–Crippen MR) is 78.6 cm³/mol. The minimum atomic E-state index is 0.137. The van der Waals surface area contributed by atoms with Crippen LogP contribution in [0.5, 0.6) is 0 Å². The van der Waals surface area contributed by atoms with Crippen molar-refractivity contribution >= 4 is 11.6 Å². The van der Waals surface area contributed by atoms with Gasteiger partial charge in [0.2, 0.25) is 0 Å². The SMILES string of the molecule is Cc1ccc(C)c(NC(=O)C[NH+]2CCCC[C@H]2C)c1. The molecule has 0 bridgehead atoms. The first-order valence-electron chi connectivity index (χ1n) is 7.28. The molecule has 19 heavy (non-hydrogen) atoms. The molecule has 1 aromatic carbocycles. The summed E-state index contributed by atoms with van der Waals surface area (Å²) in [7, 11) is 0. The van der Waals surface area contributed by atoms with Crippen LogP contribution in [0.4, 0.5) is 5.69 Å². The summed E-state index contributed by atoms with van der Waals surface area (Å²) in [4.78, 5) is 13.6. The van der Waals surface area contributed by atoms with Gasteiger partial charge in [-0.2, -0.15) is 0 Å². The monoisotopic (exact) mass is 261 g/mol. The van der Waals surface area contributed by atoms with Gasteiger partial charge in [-0.15, -0.1) is 0 Å². The molecule has 0 aliphatic carbocycles. The van der Waals surface area contributed by atoms with E-state index in [9.17, 15) is 4.79 Å². The van der Waals surface area contributed by atoms with E-state index in [-0.39, 0.29) is 5.91 Å². The fourth-order valence-electron chi connectivity index (χ4n) is 2.79. The maximum absolute atomic E-state index is 12.2. The van der Waals surface area contributed by atoms with Crippen LogP contribution in [-0.2, 0) is 4.79 Å². The number of carbonyl (C=O) groups is 1. The van der Waals surface area contributed by atoms with Gasteiger partial charge in [0.1, 0.15) is 0 Å². The van der Waals surface area contributed by atoms with Crippen LogP contribution in [0.3, 0.4) is 0 Å². The van der Waals surface area contributed by atoms with Crippen LogP contribution < -0.4 is 10.2 Å². The van der Waals surface area contributed by atoms with Crippen molar-refractivity contribution in [2.45, 2.75) is 46.1 Å². The van der Waals surface area contributed by atoms with E-state index in [1.807, 2.05) is 19.9 Å². The van der Waals surface area contributed by atoms with Gasteiger partial charge >= 0.3 is 0 Å². The number of amides is 1. The van der Waals surface area contributed by atoms with Crippen molar-refractivity contribution < 1.29 is 9.69 Å². The number of hydrogen-bond donors (Lipinski definition) is 2. The molecule has 1 amide bonds. The molecular formula is C16H25N2O+. The Hall–Kier alpha value is -1.35. The van der Waals surface area contributed by atoms with Crippen molar-refractivity contribution in [2.24, 2.45) is 0 Å². The molecule has 1 heterocycles. The Balaban J connectivity index is 1.95. The fraction of sp³-hybridized carbons (Fsp3) is 0.562. The lowest BCUT2D eigenvalue weighted by molar-refractivity contribution is -0.920. The summed E-state index contributed by atoms with van der Waals surface area (Å²) in [5.74, 6) is 0.137. The first-order valence-corrected chi connectivity index (χ1v) is 7.28. The highest BCUT2D eigenvalue weighted by Gasteiger charge is 2.24. The average molecular weight is 261 g/mol. The number of likely N-dealkylation sites (tertiary alicyclic amines) is 1. The topological polar surface area (TPSA) is 33.5 Å². The number of aryl methyl sites for hydroxylation is 2. The van der Waals surface area contributed by atoms with Gasteiger partial charge in [-0.1, -0.05) is 12.1 Å². The van der Waals surface area contributed by atoms with E-state index in [2.05, 4.69) is 24.4 Å². The molecule has 0 spiro atoms. The van der Waals surface area contributed by atoms with Crippen molar-refractivity contribution in [3.05, 3.63) is 29.3 Å². The number of piperidine rings is 1. The normalized spacial score (nSPS) is 23.1. The Morgan fingerprint density at radius 1 is 1.37 bits per heavy atom. The molecule has 2 N–H and O–H groups in total. The van der Waals surface area contributed by atoms with Gasteiger partial charge in [-0.25, -0.2) is 0 Å². The third-order valence-electron chi connectivity index (χ3n) is 4.14. The Morgan fingerprint density at radius 2 is 2.16 bits per heavy atom. The van der Waals surface area contributed by atoms with E-state index in [4.69, 9.17) is 0 Å². The second-order valence-electron chi connectivity index (χ2n) is 5.85. The summed E-state index contributed by atoms with van der Waals surface area (Å²) in [6, 6.07) is 6.78. The van der Waals surface area contributed by atoms with Gasteiger partial charge in [0.15, 0.2) is 6.54 Å². The maximum atomic E-state index is 12.2. The summed E-state index contributed by atoms with van der Waals surface area (Å²) < 4.78 is 0. The largest absolute Gasteiger partial charge is 0.325 e. The number of anilines is 1. The number of carbonyl (C=O) groups excluding carboxylic acids is 1. The summed E-state index contributed by atoms with van der Waals surface area (Å²) in [6.07, 6.45) is 3.80. The van der Waals surface area contributed by atoms with Crippen LogP contribution in [-0.4, -0.2) is 25.0 Å². The minimum absolute atomic E-state index is 0.137. The minimum Gasteiger partial charge on any atom is -0.325 e. The highest BCUT2D eigenvalue weighted by molar-refractivity contribution is 5.92. The molecule has 1 fully saturated rings. The van der Waals surface area contributed by atoms with Crippen molar-refractivity contribution in [3.63, 3.8) is 0 Å². The van der Waals surface area contributed by atoms with Gasteiger partial charge in [0.05, 0.1) is 12.6 Å². The zero-order valence-electron chi connectivity index (χ0n) is 12.3. The van der Waals surface area contributed by atoms with E-state index < -0.39 is 0 Å². The number of nitrogens with one attached hydrogen (secondary N) is 2. The lowest BCUT2D eigenvalue weighted by Crippen LogP contribution is -3.17. The van der Waals surface area contributed by atoms with E-state index in [0.717, 1.165) is 17.8 Å². The second-order valence-corrected chi connectivity index (χ2v) is 5.85. The molecule has 0 saturated carbocycles. The van der Waals surface area contributed by atoms with Gasteiger partial charge in [0.25, 0.3) is 5.91 Å². The van der Waals surface area contributed by atoms with Crippen LogP contribution in [0.15, 0.2) is 18.2 Å². The standard InChI is InChI=1S/C16H24N2O/c1-12-7-8-13(2)15(10-12)17-16(19)11-18-9-5-4-6-14(18)3/h7-8,10,14H,4-6,9,11H2,1-3H3,(H,17,19)/p+1/t14-/m1/s1. The Morgan fingerprint density at radius 3 is 2.89 bits per heavy atom. The third-order valence-corrected chi connectivity index (χ3v) is 4.14. The van der Waals surface area contributed by atoms with Crippen LogP contribution >= 0.6 is 0 Å². The molecule has 1 aliphatic heterocycles. The molecule has 2 rings (SSSR count). The second kappa shape index (κ2) is 6.20. The predicted octanol–water partition coefficient (Wildman–Crippen LogP) is 1.70. The number of hydrogen-bond acceptors (Lipinski definition) is 1. The summed E-state index contributed by atoms with van der Waals surface area (Å²) in [5.41, 5.74) is 3.26. The summed E-state index contributed by atoms with van der Waals surface area (Å²) >= 11 is 0. The Bertz CT molecular complexity index is 456. The lowest BCUT2D eigenvalue weighted by atomic mass is 10.0. The number of rotatable bonds is 3. The Labute approximate surface area is 116 Å². The lowest BCUT2D eigenvalue weighted by Gasteiger charge is -2.29. The first-order chi connectivity index (χ1) is 9.06. The van der Waals surface area contributed by atoms with Crippen LogP contribution in [0.25, 0.3) is 0 Å². The molecule has 0 aromatic heterocycles. The highest BCUT2D eigenvalue weighted by Crippen LogP contribution is 2.15. The van der Waals surface area contributed by atoms with E-state index in [1.165, 1.54) is 29.7 Å². The zero-order chi connectivity index (χ0) is 13.8. The Kier molecular flexibility index (Phi) is 4.59. The number of benzene rings is 1. The molecule has 1 aliphatic rings. The summed E-state index contributed by atoms with van der Waals surface area (Å²) in [5, 5.41) is 3.06. The van der Waals surface area contributed by atoms with Crippen molar-refractivity contribution in [1.29, 1.82) is 0 Å². The molecule has 3 heteroatoms. The zero-order valence-corrected chi connectivity index (χ0v) is 12.3. The van der Waals surface area contributed by atoms with E-state index in [0.29, 0.717) is 12.6 Å². The molecule has 1 unspecified atom stereocenters. The third kappa shape index (κ3) is 3.80. The quantitative estimate of drug-likeness (QED) is 0.853. The highest BCUT2D eigenvalue weighted by atomic mass is 16.2. The van der Waals surface area contributed by atoms with E-state index >= 15 is 0 Å². The van der Waals surface area contributed by atoms with Crippen molar-refractivity contribution in [1.82, 2.24) is 0 Å². The van der Waals surface area contributed by atoms with Gasteiger partial charge in [0, 0.05) is 5.69 Å². The molecule has 104 valence electrons. The maximum Gasteiger partial charge on any atom is 0.279 e. The molecular weight excluding hydrogens is 236 g/mol. The molecule has 3 nitrogen and oxygen atoms in total. The van der Waals surface area contributed by atoms with Crippen LogP contribution in [0.2, 0.25) is 0 Å². The number of quaternary nitrogens is 1. The van der Waals surface area contributed by atoms with Crippen LogP contribution in [0.1, 0.15) is 37.3 Å². The summed E-state index contributed by atoms with van der Waals surface area (Å²) in [6.45, 7) is 8.05. The first kappa shape index (κ1) is 14.1. The molecule has 1 aromatic rings.